The monoisotopic (exact) mass is 471 g/mol. The molecule has 0 radical (unpaired) electrons. The maximum atomic E-state index is 12.1. The average molecular weight is 472 g/mol. The normalized spacial score (nSPS) is 15.5. The van der Waals surface area contributed by atoms with Crippen molar-refractivity contribution in [2.75, 3.05) is 33.7 Å². The number of fused-ring (bicyclic) bond motifs is 2. The van der Waals surface area contributed by atoms with Gasteiger partial charge in [-0.25, -0.2) is 0 Å². The van der Waals surface area contributed by atoms with Crippen molar-refractivity contribution in [1.82, 2.24) is 24.6 Å². The summed E-state index contributed by atoms with van der Waals surface area (Å²) >= 11 is 0. The second-order valence-electron chi connectivity index (χ2n) is 10.7. The fourth-order valence-corrected chi connectivity index (χ4v) is 5.64. The number of aryl methyl sites for hydroxylation is 2. The number of aromatic amines is 1. The van der Waals surface area contributed by atoms with E-state index in [0.717, 1.165) is 31.4 Å². The Morgan fingerprint density at radius 1 is 1.17 bits per heavy atom. The molecule has 0 aliphatic carbocycles. The molecule has 35 heavy (non-hydrogen) atoms. The van der Waals surface area contributed by atoms with Crippen molar-refractivity contribution in [2.45, 2.75) is 45.4 Å². The summed E-state index contributed by atoms with van der Waals surface area (Å²) in [5.74, 6) is 1.13. The number of carbonyl (C=O) groups excluding carboxylic acids is 1. The number of rotatable bonds is 5. The molecule has 1 N–H and O–H groups in total. The minimum absolute atomic E-state index is 0.186. The van der Waals surface area contributed by atoms with E-state index in [2.05, 4.69) is 72.3 Å². The van der Waals surface area contributed by atoms with Crippen LogP contribution in [0.4, 0.5) is 0 Å². The fraction of sp³-hybridized carbons (Fsp3) is 0.448. The van der Waals surface area contributed by atoms with E-state index < -0.39 is 0 Å². The Morgan fingerprint density at radius 2 is 1.91 bits per heavy atom. The molecular weight excluding hydrogens is 434 g/mol. The van der Waals surface area contributed by atoms with Crippen LogP contribution in [0.25, 0.3) is 33.1 Å². The Morgan fingerprint density at radius 3 is 2.60 bits per heavy atom. The van der Waals surface area contributed by atoms with Gasteiger partial charge in [0.15, 0.2) is 0 Å². The van der Waals surface area contributed by atoms with Gasteiger partial charge < -0.3 is 9.88 Å². The van der Waals surface area contributed by atoms with Crippen LogP contribution in [0, 0.1) is 6.92 Å². The number of likely N-dealkylation sites (tertiary alicyclic amines) is 1. The molecule has 1 fully saturated rings. The molecule has 1 aliphatic heterocycles. The van der Waals surface area contributed by atoms with E-state index in [-0.39, 0.29) is 5.91 Å². The maximum Gasteiger partial charge on any atom is 0.236 e. The average Bonchev–Trinajstić information content (AvgIpc) is 3.39. The lowest BCUT2D eigenvalue weighted by atomic mass is 9.87. The Bertz CT molecular complexity index is 1390. The molecule has 2 aromatic carbocycles. The third-order valence-corrected chi connectivity index (χ3v) is 7.56. The van der Waals surface area contributed by atoms with Gasteiger partial charge in [0.05, 0.1) is 12.1 Å². The van der Waals surface area contributed by atoms with E-state index in [9.17, 15) is 4.79 Å². The number of piperidine rings is 1. The topological polar surface area (TPSA) is 57.2 Å². The second-order valence-corrected chi connectivity index (χ2v) is 10.7. The minimum atomic E-state index is 0.186. The van der Waals surface area contributed by atoms with E-state index in [1.54, 1.807) is 4.90 Å². The zero-order valence-electron chi connectivity index (χ0n) is 21.9. The van der Waals surface area contributed by atoms with E-state index in [1.807, 2.05) is 25.8 Å². The zero-order valence-corrected chi connectivity index (χ0v) is 21.9. The van der Waals surface area contributed by atoms with Gasteiger partial charge in [0.25, 0.3) is 0 Å². The quantitative estimate of drug-likeness (QED) is 0.423. The Balaban J connectivity index is 1.46. The first-order valence-corrected chi connectivity index (χ1v) is 12.7. The van der Waals surface area contributed by atoms with Crippen LogP contribution >= 0.6 is 0 Å². The maximum absolute atomic E-state index is 12.1. The summed E-state index contributed by atoms with van der Waals surface area (Å²) in [6.45, 7) is 9.19. The van der Waals surface area contributed by atoms with Gasteiger partial charge in [-0.1, -0.05) is 19.9 Å². The van der Waals surface area contributed by atoms with E-state index in [0.29, 0.717) is 18.4 Å². The van der Waals surface area contributed by atoms with E-state index in [4.69, 9.17) is 0 Å². The summed E-state index contributed by atoms with van der Waals surface area (Å²) in [5.41, 5.74) is 8.72. The van der Waals surface area contributed by atoms with Crippen molar-refractivity contribution >= 4 is 27.7 Å². The van der Waals surface area contributed by atoms with Crippen molar-refractivity contribution in [3.05, 3.63) is 53.2 Å². The summed E-state index contributed by atoms with van der Waals surface area (Å²) in [4.78, 5) is 19.8. The Hall–Kier alpha value is -3.12. The highest BCUT2D eigenvalue weighted by atomic mass is 16.2. The van der Waals surface area contributed by atoms with Crippen LogP contribution in [0.5, 0.6) is 0 Å². The third-order valence-electron chi connectivity index (χ3n) is 7.56. The van der Waals surface area contributed by atoms with Crippen LogP contribution < -0.4 is 0 Å². The molecule has 2 aromatic heterocycles. The van der Waals surface area contributed by atoms with Crippen LogP contribution in [0.2, 0.25) is 0 Å². The lowest BCUT2D eigenvalue weighted by Crippen LogP contribution is -2.40. The number of carbonyl (C=O) groups is 1. The van der Waals surface area contributed by atoms with Gasteiger partial charge in [-0.05, 0) is 91.2 Å². The lowest BCUT2D eigenvalue weighted by molar-refractivity contribution is -0.130. The number of benzene rings is 2. The molecule has 0 atom stereocenters. The molecule has 184 valence electrons. The highest BCUT2D eigenvalue weighted by Crippen LogP contribution is 2.39. The van der Waals surface area contributed by atoms with Crippen LogP contribution in [0.1, 0.15) is 55.2 Å². The van der Waals surface area contributed by atoms with E-state index in [1.165, 1.54) is 44.2 Å². The van der Waals surface area contributed by atoms with Gasteiger partial charge in [0, 0.05) is 49.3 Å². The number of aromatic nitrogens is 3. The van der Waals surface area contributed by atoms with Gasteiger partial charge in [-0.3, -0.25) is 14.4 Å². The standard InChI is InChI=1S/C29H37N5O/c1-18(2)27-24-15-21(20-9-11-34(12-10-20)17-26(35)32(4)5)7-8-25(24)30-29(27)22-13-19(3)28-23(14-22)16-33(6)31-28/h7-8,13-16,18,20,30H,9-12,17H2,1-6H3. The number of hydrogen-bond donors (Lipinski definition) is 1. The molecule has 0 unspecified atom stereocenters. The summed E-state index contributed by atoms with van der Waals surface area (Å²) in [6.07, 6.45) is 4.29. The van der Waals surface area contributed by atoms with Gasteiger partial charge in [-0.15, -0.1) is 0 Å². The summed E-state index contributed by atoms with van der Waals surface area (Å²) in [5, 5.41) is 7.13. The molecule has 3 heterocycles. The van der Waals surface area contributed by atoms with Crippen molar-refractivity contribution in [3.63, 3.8) is 0 Å². The third kappa shape index (κ3) is 4.47. The fourth-order valence-electron chi connectivity index (χ4n) is 5.64. The number of amides is 1. The molecule has 0 bridgehead atoms. The van der Waals surface area contributed by atoms with Crippen LogP contribution in [-0.2, 0) is 11.8 Å². The largest absolute Gasteiger partial charge is 0.354 e. The first-order chi connectivity index (χ1) is 16.7. The highest BCUT2D eigenvalue weighted by Gasteiger charge is 2.24. The van der Waals surface area contributed by atoms with Crippen molar-refractivity contribution in [1.29, 1.82) is 0 Å². The SMILES string of the molecule is Cc1cc(-c2[nH]c3ccc(C4CCN(CC(=O)N(C)C)CC4)cc3c2C(C)C)cc2cn(C)nc12. The molecule has 6 heteroatoms. The smallest absolute Gasteiger partial charge is 0.236 e. The van der Waals surface area contributed by atoms with Crippen molar-refractivity contribution in [3.8, 4) is 11.3 Å². The lowest BCUT2D eigenvalue weighted by Gasteiger charge is -2.32. The van der Waals surface area contributed by atoms with Crippen LogP contribution in [0.3, 0.4) is 0 Å². The van der Waals surface area contributed by atoms with Gasteiger partial charge in [0.2, 0.25) is 5.91 Å². The first kappa shape index (κ1) is 23.6. The van der Waals surface area contributed by atoms with Crippen LogP contribution in [-0.4, -0.2) is 64.2 Å². The minimum Gasteiger partial charge on any atom is -0.354 e. The molecule has 4 aromatic rings. The predicted octanol–water partition coefficient (Wildman–Crippen LogP) is 5.42. The number of nitrogens with zero attached hydrogens (tertiary/aromatic N) is 4. The van der Waals surface area contributed by atoms with Crippen molar-refractivity contribution in [2.24, 2.45) is 7.05 Å². The molecule has 5 rings (SSSR count). The summed E-state index contributed by atoms with van der Waals surface area (Å²) in [6, 6.07) is 11.5. The number of nitrogens with one attached hydrogen (secondary N) is 1. The highest BCUT2D eigenvalue weighted by molar-refractivity contribution is 5.94. The number of H-pyrrole nitrogens is 1. The second kappa shape index (κ2) is 9.15. The van der Waals surface area contributed by atoms with Gasteiger partial charge >= 0.3 is 0 Å². The summed E-state index contributed by atoms with van der Waals surface area (Å²) < 4.78 is 1.89. The van der Waals surface area contributed by atoms with Gasteiger partial charge in [0.1, 0.15) is 0 Å². The van der Waals surface area contributed by atoms with Crippen molar-refractivity contribution < 1.29 is 4.79 Å². The Kier molecular flexibility index (Phi) is 6.18. The molecule has 6 nitrogen and oxygen atoms in total. The molecule has 0 saturated carbocycles. The predicted molar refractivity (Wildman–Crippen MR) is 144 cm³/mol. The number of hydrogen-bond acceptors (Lipinski definition) is 3. The molecular formula is C29H37N5O. The van der Waals surface area contributed by atoms with Gasteiger partial charge in [-0.2, -0.15) is 5.10 Å². The summed E-state index contributed by atoms with van der Waals surface area (Å²) in [7, 11) is 5.64. The van der Waals surface area contributed by atoms with Crippen LogP contribution in [0.15, 0.2) is 36.5 Å². The Labute approximate surface area is 207 Å². The zero-order chi connectivity index (χ0) is 24.9. The molecule has 1 saturated heterocycles. The molecule has 1 aliphatic rings. The first-order valence-electron chi connectivity index (χ1n) is 12.7. The molecule has 1 amide bonds. The van der Waals surface area contributed by atoms with E-state index >= 15 is 0 Å². The number of likely N-dealkylation sites (N-methyl/N-ethyl adjacent to an activating group) is 1. The molecule has 0 spiro atoms.